The maximum Gasteiger partial charge on any atom is 0.325 e. The highest BCUT2D eigenvalue weighted by molar-refractivity contribution is 5.77. The van der Waals surface area contributed by atoms with Crippen LogP contribution in [-0.2, 0) is 4.79 Å². The first-order valence-electron chi connectivity index (χ1n) is 7.07. The molecule has 1 aromatic carbocycles. The summed E-state index contributed by atoms with van der Waals surface area (Å²) in [7, 11) is 3.12. The van der Waals surface area contributed by atoms with E-state index in [0.717, 1.165) is 26.1 Å². The number of carbonyl (C=O) groups is 1. The van der Waals surface area contributed by atoms with E-state index in [-0.39, 0.29) is 0 Å². The van der Waals surface area contributed by atoms with Crippen molar-refractivity contribution in [2.45, 2.75) is 12.5 Å². The highest BCUT2D eigenvalue weighted by Gasteiger charge is 2.30. The number of carboxylic acid groups (broad SMARTS) is 1. The van der Waals surface area contributed by atoms with E-state index >= 15 is 0 Å². The molecule has 0 bridgehead atoms. The lowest BCUT2D eigenvalue weighted by atomic mass is 10.0. The molecule has 1 saturated heterocycles. The van der Waals surface area contributed by atoms with Gasteiger partial charge in [-0.05, 0) is 31.2 Å². The molecule has 0 spiro atoms. The molecular weight excluding hydrogens is 272 g/mol. The lowest BCUT2D eigenvalue weighted by molar-refractivity contribution is -0.143. The van der Waals surface area contributed by atoms with Gasteiger partial charge in [0.25, 0.3) is 0 Å². The minimum atomic E-state index is -0.872. The van der Waals surface area contributed by atoms with E-state index in [2.05, 4.69) is 5.32 Å². The van der Waals surface area contributed by atoms with Crippen LogP contribution in [0.5, 0.6) is 11.5 Å². The Bertz CT molecular complexity index is 485. The molecule has 0 aromatic heterocycles. The summed E-state index contributed by atoms with van der Waals surface area (Å²) in [6.07, 6.45) is 0.927. The zero-order valence-corrected chi connectivity index (χ0v) is 12.5. The number of hydrogen-bond acceptors (Lipinski definition) is 5. The lowest BCUT2D eigenvalue weighted by Gasteiger charge is -2.28. The fraction of sp³-hybridized carbons (Fsp3) is 0.533. The fourth-order valence-electron chi connectivity index (χ4n) is 2.66. The van der Waals surface area contributed by atoms with E-state index in [9.17, 15) is 9.90 Å². The molecule has 6 heteroatoms. The molecule has 0 saturated carbocycles. The zero-order chi connectivity index (χ0) is 15.2. The summed E-state index contributed by atoms with van der Waals surface area (Å²) in [5.74, 6) is 0.328. The number of nitrogens with one attached hydrogen (secondary N) is 1. The Balaban J connectivity index is 2.38. The molecule has 116 valence electrons. The van der Waals surface area contributed by atoms with Crippen LogP contribution in [0.1, 0.15) is 18.0 Å². The quantitative estimate of drug-likeness (QED) is 0.848. The van der Waals surface area contributed by atoms with Crippen molar-refractivity contribution in [1.82, 2.24) is 10.2 Å². The Hall–Kier alpha value is -1.79. The summed E-state index contributed by atoms with van der Waals surface area (Å²) in [5, 5.41) is 13.0. The molecule has 1 heterocycles. The monoisotopic (exact) mass is 294 g/mol. The van der Waals surface area contributed by atoms with Crippen molar-refractivity contribution in [1.29, 1.82) is 0 Å². The van der Waals surface area contributed by atoms with E-state index < -0.39 is 12.0 Å². The molecule has 0 radical (unpaired) electrons. The number of ether oxygens (including phenoxy) is 2. The van der Waals surface area contributed by atoms with Gasteiger partial charge in [0.2, 0.25) is 0 Å². The Morgan fingerprint density at radius 1 is 1.29 bits per heavy atom. The maximum absolute atomic E-state index is 11.8. The van der Waals surface area contributed by atoms with Crippen molar-refractivity contribution in [3.8, 4) is 11.5 Å². The number of nitrogens with zero attached hydrogens (tertiary/aromatic N) is 1. The highest BCUT2D eigenvalue weighted by atomic mass is 16.5. The van der Waals surface area contributed by atoms with E-state index in [4.69, 9.17) is 9.47 Å². The van der Waals surface area contributed by atoms with Crippen LogP contribution in [0.15, 0.2) is 18.2 Å². The van der Waals surface area contributed by atoms with Crippen molar-refractivity contribution in [3.63, 3.8) is 0 Å². The minimum absolute atomic E-state index is 0.570. The van der Waals surface area contributed by atoms with Crippen molar-refractivity contribution >= 4 is 5.97 Å². The second kappa shape index (κ2) is 7.28. The van der Waals surface area contributed by atoms with Gasteiger partial charge in [0, 0.05) is 25.2 Å². The van der Waals surface area contributed by atoms with Crippen LogP contribution >= 0.6 is 0 Å². The van der Waals surface area contributed by atoms with E-state index in [0.29, 0.717) is 23.6 Å². The van der Waals surface area contributed by atoms with Gasteiger partial charge in [-0.15, -0.1) is 0 Å². The average molecular weight is 294 g/mol. The summed E-state index contributed by atoms with van der Waals surface area (Å²) >= 11 is 0. The average Bonchev–Trinajstić information content (AvgIpc) is 2.76. The van der Waals surface area contributed by atoms with E-state index in [1.54, 1.807) is 32.4 Å². The fourth-order valence-corrected chi connectivity index (χ4v) is 2.66. The Morgan fingerprint density at radius 3 is 2.76 bits per heavy atom. The van der Waals surface area contributed by atoms with Crippen LogP contribution in [0.25, 0.3) is 0 Å². The summed E-state index contributed by atoms with van der Waals surface area (Å²) in [6, 6.07) is 4.54. The Labute approximate surface area is 124 Å². The van der Waals surface area contributed by atoms with E-state index in [1.807, 2.05) is 4.90 Å². The first kappa shape index (κ1) is 15.6. The van der Waals surface area contributed by atoms with E-state index in [1.165, 1.54) is 0 Å². The first-order valence-corrected chi connectivity index (χ1v) is 7.07. The molecule has 2 N–H and O–H groups in total. The van der Waals surface area contributed by atoms with Crippen molar-refractivity contribution in [3.05, 3.63) is 23.8 Å². The van der Waals surface area contributed by atoms with Crippen LogP contribution in [0, 0.1) is 0 Å². The number of benzene rings is 1. The standard InChI is InChI=1S/C15H22N2O4/c1-20-11-4-5-13(21-2)12(10-11)14(15(18)19)17-8-3-6-16-7-9-17/h4-5,10,14,16H,3,6-9H2,1-2H3,(H,18,19). The maximum atomic E-state index is 11.8. The largest absolute Gasteiger partial charge is 0.497 e. The summed E-state index contributed by atoms with van der Waals surface area (Å²) < 4.78 is 10.6. The van der Waals surface area contributed by atoms with Crippen LogP contribution < -0.4 is 14.8 Å². The summed E-state index contributed by atoms with van der Waals surface area (Å²) in [6.45, 7) is 3.13. The van der Waals surface area contributed by atoms with Gasteiger partial charge in [-0.1, -0.05) is 0 Å². The second-order valence-electron chi connectivity index (χ2n) is 4.99. The molecule has 1 aliphatic heterocycles. The van der Waals surface area contributed by atoms with Crippen LogP contribution in [0.2, 0.25) is 0 Å². The molecule has 1 unspecified atom stereocenters. The summed E-state index contributed by atoms with van der Waals surface area (Å²) in [5.41, 5.74) is 0.631. The molecule has 1 atom stereocenters. The van der Waals surface area contributed by atoms with Crippen LogP contribution in [0.4, 0.5) is 0 Å². The van der Waals surface area contributed by atoms with Crippen molar-refractivity contribution < 1.29 is 19.4 Å². The minimum Gasteiger partial charge on any atom is -0.497 e. The van der Waals surface area contributed by atoms with Gasteiger partial charge in [-0.3, -0.25) is 9.69 Å². The molecule has 1 aromatic rings. The second-order valence-corrected chi connectivity index (χ2v) is 4.99. The predicted molar refractivity (Wildman–Crippen MR) is 79.0 cm³/mol. The number of rotatable bonds is 5. The van der Waals surface area contributed by atoms with Gasteiger partial charge in [-0.25, -0.2) is 0 Å². The van der Waals surface area contributed by atoms with Crippen molar-refractivity contribution in [2.24, 2.45) is 0 Å². The summed E-state index contributed by atoms with van der Waals surface area (Å²) in [4.78, 5) is 13.8. The van der Waals surface area contributed by atoms with Crippen LogP contribution in [-0.4, -0.2) is 56.4 Å². The highest BCUT2D eigenvalue weighted by Crippen LogP contribution is 2.33. The number of methoxy groups -OCH3 is 2. The van der Waals surface area contributed by atoms with Crippen molar-refractivity contribution in [2.75, 3.05) is 40.4 Å². The number of hydrogen-bond donors (Lipinski definition) is 2. The first-order chi connectivity index (χ1) is 10.2. The number of aliphatic carboxylic acids is 1. The SMILES string of the molecule is COc1ccc(OC)c(C(C(=O)O)N2CCCNCC2)c1. The van der Waals surface area contributed by atoms with Gasteiger partial charge in [0.05, 0.1) is 14.2 Å². The molecule has 6 nitrogen and oxygen atoms in total. The normalized spacial score (nSPS) is 17.8. The van der Waals surface area contributed by atoms with Gasteiger partial charge in [0.15, 0.2) is 0 Å². The van der Waals surface area contributed by atoms with Gasteiger partial charge < -0.3 is 19.9 Å². The van der Waals surface area contributed by atoms with Gasteiger partial charge in [-0.2, -0.15) is 0 Å². The lowest BCUT2D eigenvalue weighted by Crippen LogP contribution is -2.36. The molecule has 1 aliphatic rings. The Morgan fingerprint density at radius 2 is 2.10 bits per heavy atom. The zero-order valence-electron chi connectivity index (χ0n) is 12.5. The third-order valence-electron chi connectivity index (χ3n) is 3.71. The number of carboxylic acids is 1. The third-order valence-corrected chi connectivity index (χ3v) is 3.71. The predicted octanol–water partition coefficient (Wildman–Crippen LogP) is 1.12. The molecule has 0 amide bonds. The topological polar surface area (TPSA) is 71.0 Å². The molecule has 1 fully saturated rings. The van der Waals surface area contributed by atoms with Crippen LogP contribution in [0.3, 0.4) is 0 Å². The van der Waals surface area contributed by atoms with Gasteiger partial charge >= 0.3 is 5.97 Å². The molecule has 0 aliphatic carbocycles. The Kier molecular flexibility index (Phi) is 5.41. The molecule has 21 heavy (non-hydrogen) atoms. The third kappa shape index (κ3) is 3.65. The van der Waals surface area contributed by atoms with Gasteiger partial charge in [0.1, 0.15) is 17.5 Å². The molecular formula is C15H22N2O4. The smallest absolute Gasteiger partial charge is 0.325 e. The molecule has 2 rings (SSSR count).